The van der Waals surface area contributed by atoms with Crippen molar-refractivity contribution >= 4 is 17.7 Å². The Morgan fingerprint density at radius 3 is 0.844 bits per heavy atom. The Bertz CT molecular complexity index is 4050. The molecular weight excluding hydrogens is 1210 g/mol. The van der Waals surface area contributed by atoms with Gasteiger partial charge in [-0.2, -0.15) is 15.3 Å². The maximum atomic E-state index is 12.6. The second-order valence-electron chi connectivity index (χ2n) is 23.2. The molecule has 12 aromatic rings. The van der Waals surface area contributed by atoms with Gasteiger partial charge in [0.25, 0.3) is 17.7 Å². The number of aromatic amines is 3. The predicted molar refractivity (Wildman–Crippen MR) is 365 cm³/mol. The van der Waals surface area contributed by atoms with Crippen molar-refractivity contribution < 1.29 is 28.6 Å². The fourth-order valence-electron chi connectivity index (χ4n) is 11.6. The zero-order chi connectivity index (χ0) is 65.3. The number of pyridine rings is 6. The van der Waals surface area contributed by atoms with Crippen molar-refractivity contribution in [2.75, 3.05) is 39.6 Å². The average molecular weight is 1280 g/mol. The van der Waals surface area contributed by atoms with Gasteiger partial charge < -0.3 is 30.2 Å². The maximum absolute atomic E-state index is 12.6. The van der Waals surface area contributed by atoms with E-state index >= 15 is 0 Å². The molecule has 0 radical (unpaired) electrons. The number of ether oxygens (including phenoxy) is 3. The van der Waals surface area contributed by atoms with Crippen LogP contribution in [0.15, 0.2) is 220 Å². The largest absolute Gasteiger partial charge is 0.381 e. The zero-order valence-corrected chi connectivity index (χ0v) is 52.5. The first-order valence-electron chi connectivity index (χ1n) is 32.0. The van der Waals surface area contributed by atoms with Crippen LogP contribution >= 0.6 is 0 Å². The van der Waals surface area contributed by atoms with Crippen LogP contribution in [0.25, 0.3) is 101 Å². The van der Waals surface area contributed by atoms with Gasteiger partial charge in [0.15, 0.2) is 0 Å². The molecule has 3 fully saturated rings. The lowest BCUT2D eigenvalue weighted by Gasteiger charge is -2.23. The van der Waals surface area contributed by atoms with Crippen LogP contribution in [0.1, 0.15) is 69.6 Å². The van der Waals surface area contributed by atoms with Crippen molar-refractivity contribution in [2.24, 2.45) is 0 Å². The first-order chi connectivity index (χ1) is 47.3. The van der Waals surface area contributed by atoms with E-state index in [1.807, 2.05) is 164 Å². The number of hydrogen-bond acceptors (Lipinski definition) is 15. The molecule has 3 aromatic carbocycles. The summed E-state index contributed by atoms with van der Waals surface area (Å²) in [5.41, 5.74) is 18.2. The zero-order valence-electron chi connectivity index (χ0n) is 52.5. The maximum Gasteiger partial charge on any atom is 0.251 e. The molecule has 21 heteroatoms. The average Bonchev–Trinajstić information content (AvgIpc) is 1.59. The number of carbonyl (C=O) groups excluding carboxylic acids is 3. The van der Waals surface area contributed by atoms with Crippen LogP contribution < -0.4 is 16.0 Å². The molecule has 96 heavy (non-hydrogen) atoms. The molecule has 12 heterocycles. The van der Waals surface area contributed by atoms with Crippen molar-refractivity contribution in [1.29, 1.82) is 0 Å². The minimum absolute atomic E-state index is 0.0523. The molecule has 15 rings (SSSR count). The lowest BCUT2D eigenvalue weighted by Crippen LogP contribution is -2.38. The second-order valence-corrected chi connectivity index (χ2v) is 23.2. The number of amides is 3. The van der Waals surface area contributed by atoms with E-state index in [0.717, 1.165) is 140 Å². The summed E-state index contributed by atoms with van der Waals surface area (Å²) < 4.78 is 16.1. The van der Waals surface area contributed by atoms with Crippen molar-refractivity contribution in [1.82, 2.24) is 76.4 Å². The van der Waals surface area contributed by atoms with Gasteiger partial charge in [-0.25, -0.2) is 0 Å². The summed E-state index contributed by atoms with van der Waals surface area (Å²) in [5, 5.41) is 31.1. The van der Waals surface area contributed by atoms with E-state index < -0.39 is 0 Å². The summed E-state index contributed by atoms with van der Waals surface area (Å²) in [7, 11) is 0. The van der Waals surface area contributed by atoms with Gasteiger partial charge in [0.05, 0.1) is 69.8 Å². The Hall–Kier alpha value is -11.5. The number of hydrogen-bond donors (Lipinski definition) is 6. The first-order valence-corrected chi connectivity index (χ1v) is 32.0. The Morgan fingerprint density at radius 1 is 0.312 bits per heavy atom. The summed E-state index contributed by atoms with van der Waals surface area (Å²) in [6.07, 6.45) is 21.2. The van der Waals surface area contributed by atoms with Crippen LogP contribution in [-0.4, -0.2) is 136 Å². The molecule has 480 valence electrons. The molecule has 3 aliphatic heterocycles. The molecule has 0 unspecified atom stereocenters. The van der Waals surface area contributed by atoms with Crippen molar-refractivity contribution in [3.8, 4) is 101 Å². The third-order valence-corrected chi connectivity index (χ3v) is 16.9. The van der Waals surface area contributed by atoms with Crippen LogP contribution in [0.4, 0.5) is 0 Å². The molecule has 0 bridgehead atoms. The molecule has 9 aromatic heterocycles. The van der Waals surface area contributed by atoms with Gasteiger partial charge in [-0.1, -0.05) is 54.6 Å². The molecule has 3 saturated heterocycles. The molecule has 3 amide bonds. The van der Waals surface area contributed by atoms with E-state index in [9.17, 15) is 14.4 Å². The summed E-state index contributed by atoms with van der Waals surface area (Å²) in [6, 6.07) is 52.5. The number of nitrogens with one attached hydrogen (secondary N) is 6. The topological polar surface area (TPSA) is 278 Å². The standard InChI is InChI=1S/3C25H23N5O2/c3*31-25(29-20-9-13-32-14-10-20)18-6-4-17(5-7-18)23-15-19(8-12-27-23)21-16-28-30-24(21)22-3-1-2-11-26-22/h3*1-8,11-12,15-16,20H,9-10,13-14H2,(H,28,30)(H,29,31). The number of benzene rings is 3. The van der Waals surface area contributed by atoms with Crippen molar-refractivity contribution in [2.45, 2.75) is 56.7 Å². The molecule has 0 spiro atoms. The fraction of sp³-hybridized carbons (Fsp3) is 0.200. The van der Waals surface area contributed by atoms with E-state index in [1.54, 1.807) is 55.8 Å². The summed E-state index contributed by atoms with van der Waals surface area (Å²) in [5.74, 6) is -0.157. The summed E-state index contributed by atoms with van der Waals surface area (Å²) in [6.45, 7) is 4.19. The molecule has 0 saturated carbocycles. The van der Waals surface area contributed by atoms with Gasteiger partial charge in [-0.15, -0.1) is 0 Å². The predicted octanol–water partition coefficient (Wildman–Crippen LogP) is 12.3. The normalized spacial score (nSPS) is 14.2. The quantitative estimate of drug-likeness (QED) is 0.0557. The Labute approximate surface area is 554 Å². The Balaban J connectivity index is 0.000000130. The van der Waals surface area contributed by atoms with Gasteiger partial charge in [0.2, 0.25) is 0 Å². The molecule has 0 atom stereocenters. The molecule has 21 nitrogen and oxygen atoms in total. The molecule has 0 aliphatic carbocycles. The van der Waals surface area contributed by atoms with Gasteiger partial charge in [0, 0.05) is 145 Å². The number of rotatable bonds is 15. The van der Waals surface area contributed by atoms with Gasteiger partial charge in [-0.3, -0.25) is 59.6 Å². The van der Waals surface area contributed by atoms with Crippen LogP contribution in [0, 0.1) is 0 Å². The number of nitrogens with zero attached hydrogens (tertiary/aromatic N) is 9. The van der Waals surface area contributed by atoms with Crippen LogP contribution in [0.2, 0.25) is 0 Å². The van der Waals surface area contributed by atoms with Crippen molar-refractivity contribution in [3.05, 3.63) is 236 Å². The third kappa shape index (κ3) is 15.7. The van der Waals surface area contributed by atoms with Gasteiger partial charge in [0.1, 0.15) is 0 Å². The third-order valence-electron chi connectivity index (χ3n) is 16.9. The highest BCUT2D eigenvalue weighted by atomic mass is 16.5. The second kappa shape index (κ2) is 30.9. The van der Waals surface area contributed by atoms with E-state index in [-0.39, 0.29) is 35.8 Å². The monoisotopic (exact) mass is 1280 g/mol. The highest BCUT2D eigenvalue weighted by molar-refractivity contribution is 5.96. The van der Waals surface area contributed by atoms with Gasteiger partial charge in [-0.05, 0) is 164 Å². The molecular formula is C75H69N15O6. The Kier molecular flexibility index (Phi) is 20.4. The van der Waals surface area contributed by atoms with Gasteiger partial charge >= 0.3 is 0 Å². The summed E-state index contributed by atoms with van der Waals surface area (Å²) in [4.78, 5) is 64.5. The SMILES string of the molecule is O=C(NC1CCOCC1)c1ccc(-c2cc(-c3cn[nH]c3-c3ccccn3)ccn2)cc1.O=C(NC1CCOCC1)c1ccc(-c2cc(-c3cn[nH]c3-c3ccccn3)ccn2)cc1.O=C(NC1CCOCC1)c1ccc(-c2cc(-c3cn[nH]c3-c3ccccn3)ccn2)cc1. The highest BCUT2D eigenvalue weighted by Crippen LogP contribution is 2.35. The van der Waals surface area contributed by atoms with E-state index in [1.165, 1.54) is 0 Å². The lowest BCUT2D eigenvalue weighted by atomic mass is 10.0. The van der Waals surface area contributed by atoms with Crippen LogP contribution in [0.3, 0.4) is 0 Å². The highest BCUT2D eigenvalue weighted by Gasteiger charge is 2.22. The summed E-state index contributed by atoms with van der Waals surface area (Å²) >= 11 is 0. The fourth-order valence-corrected chi connectivity index (χ4v) is 11.6. The van der Waals surface area contributed by atoms with Crippen LogP contribution in [0.5, 0.6) is 0 Å². The minimum Gasteiger partial charge on any atom is -0.381 e. The van der Waals surface area contributed by atoms with Crippen molar-refractivity contribution in [3.63, 3.8) is 0 Å². The van der Waals surface area contributed by atoms with Crippen LogP contribution in [-0.2, 0) is 14.2 Å². The number of aromatic nitrogens is 12. The number of carbonyl (C=O) groups is 3. The first kappa shape index (κ1) is 63.2. The molecule has 3 aliphatic rings. The minimum atomic E-state index is -0.0523. The smallest absolute Gasteiger partial charge is 0.251 e. The molecule has 6 N–H and O–H groups in total. The number of H-pyrrole nitrogens is 3. The lowest BCUT2D eigenvalue weighted by molar-refractivity contribution is 0.0690. The van der Waals surface area contributed by atoms with E-state index in [4.69, 9.17) is 14.2 Å². The van der Waals surface area contributed by atoms with E-state index in [0.29, 0.717) is 56.3 Å². The van der Waals surface area contributed by atoms with E-state index in [2.05, 4.69) is 76.4 Å². The Morgan fingerprint density at radius 2 is 0.583 bits per heavy atom.